The first-order valence-electron chi connectivity index (χ1n) is 8.47. The largest absolute Gasteiger partial charge is 0.465 e. The number of carbonyl (C=O) groups is 1. The maximum atomic E-state index is 12.0. The zero-order valence-corrected chi connectivity index (χ0v) is 14.6. The Kier molecular flexibility index (Phi) is 7.14. The molecule has 1 heterocycles. The molecule has 0 aromatic carbocycles. The van der Waals surface area contributed by atoms with Gasteiger partial charge in [0.1, 0.15) is 5.54 Å². The van der Waals surface area contributed by atoms with Gasteiger partial charge in [0.05, 0.1) is 6.61 Å². The Morgan fingerprint density at radius 2 is 1.95 bits per heavy atom. The van der Waals surface area contributed by atoms with Crippen molar-refractivity contribution in [1.82, 2.24) is 10.2 Å². The first kappa shape index (κ1) is 18.4. The maximum Gasteiger partial charge on any atom is 0.326 e. The third-order valence-electron chi connectivity index (χ3n) is 5.35. The molecule has 0 aromatic heterocycles. The van der Waals surface area contributed by atoms with Crippen LogP contribution >= 0.6 is 0 Å². The zero-order valence-electron chi connectivity index (χ0n) is 14.6. The average Bonchev–Trinajstić information content (AvgIpc) is 2.49. The van der Waals surface area contributed by atoms with E-state index >= 15 is 0 Å². The molecule has 4 heteroatoms. The molecule has 124 valence electrons. The van der Waals surface area contributed by atoms with Crippen molar-refractivity contribution in [3.63, 3.8) is 0 Å². The van der Waals surface area contributed by atoms with Gasteiger partial charge >= 0.3 is 5.97 Å². The quantitative estimate of drug-likeness (QED) is 0.700. The Morgan fingerprint density at radius 1 is 1.33 bits per heavy atom. The van der Waals surface area contributed by atoms with E-state index in [9.17, 15) is 4.79 Å². The van der Waals surface area contributed by atoms with Crippen LogP contribution in [0.15, 0.2) is 0 Å². The molecule has 1 aliphatic heterocycles. The molecule has 0 radical (unpaired) electrons. The number of nitrogens with one attached hydrogen (secondary N) is 1. The number of likely N-dealkylation sites (tertiary alicyclic amines) is 1. The highest BCUT2D eigenvalue weighted by molar-refractivity contribution is 5.80. The number of piperidine rings is 1. The lowest BCUT2D eigenvalue weighted by atomic mass is 9.78. The number of nitrogens with zero attached hydrogens (tertiary/aromatic N) is 1. The average molecular weight is 298 g/mol. The highest BCUT2D eigenvalue weighted by Crippen LogP contribution is 2.33. The standard InChI is InChI=1S/C17H34N2O2/c1-6-16(3)10-13-19(14-11-16)12-8-9-17(4,18-5)15(20)21-7-2/h18H,6-14H2,1-5H3. The molecule has 0 aromatic rings. The normalized spacial score (nSPS) is 21.8. The van der Waals surface area contributed by atoms with Gasteiger partial charge in [-0.05, 0) is 71.6 Å². The molecule has 1 saturated heterocycles. The van der Waals surface area contributed by atoms with E-state index in [1.807, 2.05) is 20.9 Å². The van der Waals surface area contributed by atoms with Gasteiger partial charge in [-0.2, -0.15) is 0 Å². The highest BCUT2D eigenvalue weighted by atomic mass is 16.5. The summed E-state index contributed by atoms with van der Waals surface area (Å²) >= 11 is 0. The molecule has 1 atom stereocenters. The topological polar surface area (TPSA) is 41.6 Å². The van der Waals surface area contributed by atoms with Crippen molar-refractivity contribution >= 4 is 5.97 Å². The van der Waals surface area contributed by atoms with Crippen molar-refractivity contribution in [3.05, 3.63) is 0 Å². The van der Waals surface area contributed by atoms with E-state index in [-0.39, 0.29) is 5.97 Å². The molecule has 1 unspecified atom stereocenters. The minimum atomic E-state index is -0.552. The lowest BCUT2D eigenvalue weighted by Gasteiger charge is -2.39. The fourth-order valence-corrected chi connectivity index (χ4v) is 2.95. The van der Waals surface area contributed by atoms with Crippen LogP contribution in [0.4, 0.5) is 0 Å². The van der Waals surface area contributed by atoms with Gasteiger partial charge in [-0.25, -0.2) is 0 Å². The Balaban J connectivity index is 2.34. The second-order valence-corrected chi connectivity index (χ2v) is 6.91. The van der Waals surface area contributed by atoms with E-state index in [1.54, 1.807) is 0 Å². The Hall–Kier alpha value is -0.610. The van der Waals surface area contributed by atoms with Gasteiger partial charge < -0.3 is 15.0 Å². The van der Waals surface area contributed by atoms with Gasteiger partial charge in [0.25, 0.3) is 0 Å². The Bertz CT molecular complexity index is 325. The smallest absolute Gasteiger partial charge is 0.326 e. The van der Waals surface area contributed by atoms with Crippen molar-refractivity contribution in [2.24, 2.45) is 5.41 Å². The summed E-state index contributed by atoms with van der Waals surface area (Å²) in [5.74, 6) is -0.135. The maximum absolute atomic E-state index is 12.0. The number of esters is 1. The summed E-state index contributed by atoms with van der Waals surface area (Å²) in [7, 11) is 1.84. The summed E-state index contributed by atoms with van der Waals surface area (Å²) in [5.41, 5.74) is -0.00928. The van der Waals surface area contributed by atoms with Crippen LogP contribution in [0, 0.1) is 5.41 Å². The number of carbonyl (C=O) groups excluding carboxylic acids is 1. The zero-order chi connectivity index (χ0) is 15.9. The summed E-state index contributed by atoms with van der Waals surface area (Å²) in [6, 6.07) is 0. The second kappa shape index (κ2) is 8.14. The van der Waals surface area contributed by atoms with Gasteiger partial charge in [0.15, 0.2) is 0 Å². The fourth-order valence-electron chi connectivity index (χ4n) is 2.95. The molecular weight excluding hydrogens is 264 g/mol. The number of ether oxygens (including phenoxy) is 1. The number of hydrogen-bond donors (Lipinski definition) is 1. The van der Waals surface area contributed by atoms with Crippen LogP contribution in [0.25, 0.3) is 0 Å². The van der Waals surface area contributed by atoms with Gasteiger partial charge in [-0.15, -0.1) is 0 Å². The van der Waals surface area contributed by atoms with E-state index in [0.29, 0.717) is 12.0 Å². The van der Waals surface area contributed by atoms with Crippen molar-refractivity contribution in [3.8, 4) is 0 Å². The molecule has 1 aliphatic rings. The van der Waals surface area contributed by atoms with E-state index in [4.69, 9.17) is 4.74 Å². The molecular formula is C17H34N2O2. The summed E-state index contributed by atoms with van der Waals surface area (Å²) in [6.07, 6.45) is 5.72. The summed E-state index contributed by atoms with van der Waals surface area (Å²) in [4.78, 5) is 14.5. The fraction of sp³-hybridized carbons (Fsp3) is 0.941. The predicted octanol–water partition coefficient (Wildman–Crippen LogP) is 2.82. The highest BCUT2D eigenvalue weighted by Gasteiger charge is 2.33. The molecule has 0 amide bonds. The second-order valence-electron chi connectivity index (χ2n) is 6.91. The van der Waals surface area contributed by atoms with Crippen molar-refractivity contribution in [2.45, 2.75) is 65.3 Å². The van der Waals surface area contributed by atoms with Crippen LogP contribution < -0.4 is 5.32 Å². The van der Waals surface area contributed by atoms with Gasteiger partial charge in [-0.1, -0.05) is 20.3 Å². The molecule has 1 fully saturated rings. The Morgan fingerprint density at radius 3 is 2.43 bits per heavy atom. The van der Waals surface area contributed by atoms with Crippen molar-refractivity contribution in [2.75, 3.05) is 33.3 Å². The van der Waals surface area contributed by atoms with Crippen molar-refractivity contribution < 1.29 is 9.53 Å². The monoisotopic (exact) mass is 298 g/mol. The van der Waals surface area contributed by atoms with Gasteiger partial charge in [0, 0.05) is 0 Å². The van der Waals surface area contributed by atoms with Gasteiger partial charge in [-0.3, -0.25) is 4.79 Å². The SMILES string of the molecule is CCOC(=O)C(C)(CCCN1CCC(C)(CC)CC1)NC. The van der Waals surface area contributed by atoms with Crippen LogP contribution in [0.3, 0.4) is 0 Å². The van der Waals surface area contributed by atoms with E-state index in [1.165, 1.54) is 32.4 Å². The van der Waals surface area contributed by atoms with E-state index in [0.717, 1.165) is 19.4 Å². The minimum Gasteiger partial charge on any atom is -0.465 e. The molecule has 1 N–H and O–H groups in total. The van der Waals surface area contributed by atoms with E-state index < -0.39 is 5.54 Å². The third-order valence-corrected chi connectivity index (χ3v) is 5.35. The number of likely N-dealkylation sites (N-methyl/N-ethyl adjacent to an activating group) is 1. The van der Waals surface area contributed by atoms with Gasteiger partial charge in [0.2, 0.25) is 0 Å². The molecule has 4 nitrogen and oxygen atoms in total. The summed E-state index contributed by atoms with van der Waals surface area (Å²) in [5, 5.41) is 3.13. The molecule has 0 bridgehead atoms. The van der Waals surface area contributed by atoms with Crippen LogP contribution in [0.2, 0.25) is 0 Å². The number of hydrogen-bond acceptors (Lipinski definition) is 4. The van der Waals surface area contributed by atoms with Crippen LogP contribution in [0.5, 0.6) is 0 Å². The third kappa shape index (κ3) is 5.26. The molecule has 21 heavy (non-hydrogen) atoms. The minimum absolute atomic E-state index is 0.135. The summed E-state index contributed by atoms with van der Waals surface area (Å²) < 4.78 is 5.17. The predicted molar refractivity (Wildman–Crippen MR) is 87.4 cm³/mol. The van der Waals surface area contributed by atoms with Crippen LogP contribution in [-0.4, -0.2) is 49.7 Å². The first-order valence-corrected chi connectivity index (χ1v) is 8.47. The lowest BCUT2D eigenvalue weighted by Crippen LogP contribution is -2.49. The molecule has 1 rings (SSSR count). The Labute approximate surface area is 130 Å². The van der Waals surface area contributed by atoms with Crippen LogP contribution in [0.1, 0.15) is 59.8 Å². The first-order chi connectivity index (χ1) is 9.89. The molecule has 0 spiro atoms. The summed E-state index contributed by atoms with van der Waals surface area (Å²) in [6.45, 7) is 12.4. The van der Waals surface area contributed by atoms with Crippen LogP contribution in [-0.2, 0) is 9.53 Å². The number of rotatable bonds is 8. The lowest BCUT2D eigenvalue weighted by molar-refractivity contribution is -0.150. The molecule has 0 aliphatic carbocycles. The van der Waals surface area contributed by atoms with Crippen molar-refractivity contribution in [1.29, 1.82) is 0 Å². The van der Waals surface area contributed by atoms with E-state index in [2.05, 4.69) is 24.1 Å². The molecule has 0 saturated carbocycles.